The summed E-state index contributed by atoms with van der Waals surface area (Å²) in [6, 6.07) is 4.06. The number of amides is 2. The maximum atomic E-state index is 13.3. The standard InChI is InChI=1S/C15H17FN2O2/c1-8-6-11(8)14(19)18-13-5-2-9(16)7-12(13)15(20)17-10-3-4-10/h2,5,7-8,10-11H,3-4,6H2,1H3,(H,17,20)(H,18,19)/t8-,11+/m0/s1. The van der Waals surface area contributed by atoms with Crippen molar-refractivity contribution in [2.45, 2.75) is 32.2 Å². The average Bonchev–Trinajstić information content (AvgIpc) is 3.29. The lowest BCUT2D eigenvalue weighted by Gasteiger charge is -2.11. The molecule has 2 aliphatic carbocycles. The molecule has 0 unspecified atom stereocenters. The Balaban J connectivity index is 1.77. The Bertz CT molecular complexity index is 569. The molecule has 0 heterocycles. The van der Waals surface area contributed by atoms with Crippen molar-refractivity contribution in [3.8, 4) is 0 Å². The molecule has 2 amide bonds. The Labute approximate surface area is 116 Å². The van der Waals surface area contributed by atoms with Crippen LogP contribution in [0.5, 0.6) is 0 Å². The molecular weight excluding hydrogens is 259 g/mol. The van der Waals surface area contributed by atoms with Crippen LogP contribution in [0.1, 0.15) is 36.5 Å². The van der Waals surface area contributed by atoms with Crippen molar-refractivity contribution in [1.82, 2.24) is 5.32 Å². The lowest BCUT2D eigenvalue weighted by Crippen LogP contribution is -2.27. The van der Waals surface area contributed by atoms with Crippen LogP contribution in [-0.2, 0) is 4.79 Å². The second kappa shape index (κ2) is 4.89. The quantitative estimate of drug-likeness (QED) is 0.886. The lowest BCUT2D eigenvalue weighted by atomic mass is 10.1. The van der Waals surface area contributed by atoms with Crippen LogP contribution in [0.2, 0.25) is 0 Å². The number of benzene rings is 1. The van der Waals surface area contributed by atoms with E-state index in [1.807, 2.05) is 6.92 Å². The van der Waals surface area contributed by atoms with Crippen LogP contribution in [0.4, 0.5) is 10.1 Å². The minimum Gasteiger partial charge on any atom is -0.349 e. The molecule has 1 aromatic carbocycles. The Morgan fingerprint density at radius 2 is 2.00 bits per heavy atom. The molecule has 0 bridgehead atoms. The average molecular weight is 276 g/mol. The summed E-state index contributed by atoms with van der Waals surface area (Å²) >= 11 is 0. The van der Waals surface area contributed by atoms with Crippen LogP contribution in [0.15, 0.2) is 18.2 Å². The van der Waals surface area contributed by atoms with Crippen molar-refractivity contribution in [2.75, 3.05) is 5.32 Å². The van der Waals surface area contributed by atoms with Crippen molar-refractivity contribution in [3.63, 3.8) is 0 Å². The van der Waals surface area contributed by atoms with Crippen molar-refractivity contribution in [3.05, 3.63) is 29.6 Å². The van der Waals surface area contributed by atoms with Crippen LogP contribution in [0.3, 0.4) is 0 Å². The zero-order valence-corrected chi connectivity index (χ0v) is 11.3. The monoisotopic (exact) mass is 276 g/mol. The number of carbonyl (C=O) groups excluding carboxylic acids is 2. The van der Waals surface area contributed by atoms with Crippen LogP contribution in [0, 0.1) is 17.7 Å². The highest BCUT2D eigenvalue weighted by atomic mass is 19.1. The van der Waals surface area contributed by atoms with E-state index in [4.69, 9.17) is 0 Å². The number of rotatable bonds is 4. The molecule has 2 aliphatic rings. The summed E-state index contributed by atoms with van der Waals surface area (Å²) in [6.45, 7) is 2.01. The van der Waals surface area contributed by atoms with Gasteiger partial charge in [0.1, 0.15) is 5.82 Å². The fourth-order valence-corrected chi connectivity index (χ4v) is 2.22. The van der Waals surface area contributed by atoms with Crippen molar-refractivity contribution in [2.24, 2.45) is 11.8 Å². The van der Waals surface area contributed by atoms with Gasteiger partial charge in [0.25, 0.3) is 5.91 Å². The van der Waals surface area contributed by atoms with E-state index in [1.165, 1.54) is 18.2 Å². The van der Waals surface area contributed by atoms with E-state index in [2.05, 4.69) is 10.6 Å². The highest BCUT2D eigenvalue weighted by Gasteiger charge is 2.39. The smallest absolute Gasteiger partial charge is 0.253 e. The van der Waals surface area contributed by atoms with Gasteiger partial charge in [-0.3, -0.25) is 9.59 Å². The normalized spacial score (nSPS) is 24.1. The number of hydrogen-bond acceptors (Lipinski definition) is 2. The van der Waals surface area contributed by atoms with Gasteiger partial charge in [-0.15, -0.1) is 0 Å². The van der Waals surface area contributed by atoms with E-state index in [0.717, 1.165) is 19.3 Å². The van der Waals surface area contributed by atoms with Gasteiger partial charge in [-0.2, -0.15) is 0 Å². The molecule has 2 saturated carbocycles. The molecular formula is C15H17FN2O2. The van der Waals surface area contributed by atoms with Crippen LogP contribution in [-0.4, -0.2) is 17.9 Å². The summed E-state index contributed by atoms with van der Waals surface area (Å²) in [5.41, 5.74) is 0.576. The Morgan fingerprint density at radius 3 is 2.60 bits per heavy atom. The molecule has 2 N–H and O–H groups in total. The first-order chi connectivity index (χ1) is 9.54. The number of hydrogen-bond donors (Lipinski definition) is 2. The Kier molecular flexibility index (Phi) is 3.20. The predicted molar refractivity (Wildman–Crippen MR) is 72.8 cm³/mol. The van der Waals surface area contributed by atoms with Gasteiger partial charge < -0.3 is 10.6 Å². The molecule has 20 heavy (non-hydrogen) atoms. The summed E-state index contributed by atoms with van der Waals surface area (Å²) in [4.78, 5) is 24.0. The highest BCUT2D eigenvalue weighted by molar-refractivity contribution is 6.04. The third-order valence-corrected chi connectivity index (χ3v) is 3.84. The summed E-state index contributed by atoms with van der Waals surface area (Å²) < 4.78 is 13.3. The minimum absolute atomic E-state index is 0.0133. The molecule has 5 heteroatoms. The van der Waals surface area contributed by atoms with Gasteiger partial charge in [-0.1, -0.05) is 6.92 Å². The number of carbonyl (C=O) groups is 2. The maximum absolute atomic E-state index is 13.3. The van der Waals surface area contributed by atoms with E-state index < -0.39 is 5.82 Å². The summed E-state index contributed by atoms with van der Waals surface area (Å²) in [7, 11) is 0. The number of anilines is 1. The molecule has 0 spiro atoms. The predicted octanol–water partition coefficient (Wildman–Crippen LogP) is 2.31. The van der Waals surface area contributed by atoms with Gasteiger partial charge in [0.05, 0.1) is 11.3 Å². The molecule has 0 aliphatic heterocycles. The largest absolute Gasteiger partial charge is 0.349 e. The first kappa shape index (κ1) is 13.1. The lowest BCUT2D eigenvalue weighted by molar-refractivity contribution is -0.117. The molecule has 4 nitrogen and oxygen atoms in total. The van der Waals surface area contributed by atoms with Gasteiger partial charge in [0.2, 0.25) is 5.91 Å². The topological polar surface area (TPSA) is 58.2 Å². The molecule has 106 valence electrons. The first-order valence-electron chi connectivity index (χ1n) is 6.96. The van der Waals surface area contributed by atoms with Crippen molar-refractivity contribution < 1.29 is 14.0 Å². The molecule has 0 aromatic heterocycles. The summed E-state index contributed by atoms with van der Waals surface area (Å²) in [5, 5.41) is 5.55. The zero-order valence-electron chi connectivity index (χ0n) is 11.3. The van der Waals surface area contributed by atoms with E-state index >= 15 is 0 Å². The molecule has 1 aromatic rings. The maximum Gasteiger partial charge on any atom is 0.253 e. The van der Waals surface area contributed by atoms with Gasteiger partial charge in [-0.05, 0) is 43.4 Å². The fourth-order valence-electron chi connectivity index (χ4n) is 2.22. The van der Waals surface area contributed by atoms with E-state index in [1.54, 1.807) is 0 Å². The summed E-state index contributed by atoms with van der Waals surface area (Å²) in [6.07, 6.45) is 2.79. The molecule has 0 radical (unpaired) electrons. The fraction of sp³-hybridized carbons (Fsp3) is 0.467. The third-order valence-electron chi connectivity index (χ3n) is 3.84. The van der Waals surface area contributed by atoms with Gasteiger partial charge in [0, 0.05) is 12.0 Å². The Morgan fingerprint density at radius 1 is 1.30 bits per heavy atom. The number of nitrogens with one attached hydrogen (secondary N) is 2. The van der Waals surface area contributed by atoms with Gasteiger partial charge in [-0.25, -0.2) is 4.39 Å². The summed E-state index contributed by atoms with van der Waals surface area (Å²) in [5.74, 6) is -0.502. The number of halogens is 1. The van der Waals surface area contributed by atoms with Gasteiger partial charge in [0.15, 0.2) is 0 Å². The zero-order chi connectivity index (χ0) is 14.3. The molecule has 2 fully saturated rings. The van der Waals surface area contributed by atoms with Crippen molar-refractivity contribution >= 4 is 17.5 Å². The van der Waals surface area contributed by atoms with Gasteiger partial charge >= 0.3 is 0 Å². The van der Waals surface area contributed by atoms with Crippen LogP contribution < -0.4 is 10.6 Å². The third kappa shape index (κ3) is 2.81. The molecule has 3 rings (SSSR count). The van der Waals surface area contributed by atoms with Crippen LogP contribution >= 0.6 is 0 Å². The SMILES string of the molecule is C[C@H]1C[C@H]1C(=O)Nc1ccc(F)cc1C(=O)NC1CC1. The molecule has 0 saturated heterocycles. The molecule has 2 atom stereocenters. The second-order valence-corrected chi connectivity index (χ2v) is 5.75. The second-order valence-electron chi connectivity index (χ2n) is 5.75. The van der Waals surface area contributed by atoms with E-state index in [9.17, 15) is 14.0 Å². The minimum atomic E-state index is -0.483. The van der Waals surface area contributed by atoms with Crippen LogP contribution in [0.25, 0.3) is 0 Å². The highest BCUT2D eigenvalue weighted by Crippen LogP contribution is 2.38. The van der Waals surface area contributed by atoms with E-state index in [-0.39, 0.29) is 29.3 Å². The first-order valence-corrected chi connectivity index (χ1v) is 6.96. The van der Waals surface area contributed by atoms with Crippen molar-refractivity contribution in [1.29, 1.82) is 0 Å². The van der Waals surface area contributed by atoms with E-state index in [0.29, 0.717) is 11.6 Å². The Hall–Kier alpha value is -1.91.